The number of hydrogen-bond donors (Lipinski definition) is 2. The van der Waals surface area contributed by atoms with Gasteiger partial charge in [-0.1, -0.05) is 11.6 Å². The van der Waals surface area contributed by atoms with E-state index in [4.69, 9.17) is 16.7 Å². The number of hydrogen-bond acceptors (Lipinski definition) is 6. The fraction of sp³-hybridized carbons (Fsp3) is 0.167. The molecule has 0 aliphatic rings. The molecule has 2 aromatic rings. The van der Waals surface area contributed by atoms with Gasteiger partial charge in [0, 0.05) is 28.4 Å². The standard InChI is InChI=1S/C12H10ClN3O4S/c1-6-9(14-4-8-5-15-12(13)21-8)2-7(11(17)18)3-10(6)16(19)20/h2-3,5,14H,4H2,1H3,(H,17,18). The van der Waals surface area contributed by atoms with Crippen LogP contribution in [0.25, 0.3) is 0 Å². The molecule has 1 aromatic heterocycles. The molecule has 1 aromatic carbocycles. The van der Waals surface area contributed by atoms with E-state index in [9.17, 15) is 14.9 Å². The van der Waals surface area contributed by atoms with Crippen LogP contribution in [0.1, 0.15) is 20.8 Å². The van der Waals surface area contributed by atoms with Crippen molar-refractivity contribution in [3.05, 3.63) is 48.9 Å². The first-order valence-electron chi connectivity index (χ1n) is 5.75. The first-order valence-corrected chi connectivity index (χ1v) is 6.94. The van der Waals surface area contributed by atoms with Crippen molar-refractivity contribution in [3.63, 3.8) is 0 Å². The van der Waals surface area contributed by atoms with E-state index in [1.807, 2.05) is 0 Å². The van der Waals surface area contributed by atoms with Gasteiger partial charge in [0.05, 0.1) is 17.0 Å². The summed E-state index contributed by atoms with van der Waals surface area (Å²) in [6.45, 7) is 1.91. The summed E-state index contributed by atoms with van der Waals surface area (Å²) in [7, 11) is 0. The van der Waals surface area contributed by atoms with Gasteiger partial charge in [-0.3, -0.25) is 10.1 Å². The smallest absolute Gasteiger partial charge is 0.336 e. The molecule has 1 heterocycles. The molecule has 0 aliphatic carbocycles. The van der Waals surface area contributed by atoms with E-state index in [-0.39, 0.29) is 11.3 Å². The Morgan fingerprint density at radius 1 is 1.57 bits per heavy atom. The number of carboxylic acids is 1. The first-order chi connectivity index (χ1) is 9.88. The molecule has 110 valence electrons. The van der Waals surface area contributed by atoms with Gasteiger partial charge < -0.3 is 10.4 Å². The molecule has 0 unspecified atom stereocenters. The number of benzene rings is 1. The highest BCUT2D eigenvalue weighted by Gasteiger charge is 2.19. The molecule has 21 heavy (non-hydrogen) atoms. The average Bonchev–Trinajstić information content (AvgIpc) is 2.82. The summed E-state index contributed by atoms with van der Waals surface area (Å²) in [5.74, 6) is -1.22. The fourth-order valence-corrected chi connectivity index (χ4v) is 2.66. The third-order valence-corrected chi connectivity index (χ3v) is 3.92. The number of halogens is 1. The number of rotatable bonds is 5. The monoisotopic (exact) mass is 327 g/mol. The summed E-state index contributed by atoms with van der Waals surface area (Å²) in [5, 5.41) is 23.0. The summed E-state index contributed by atoms with van der Waals surface area (Å²) >= 11 is 7.00. The second-order valence-corrected chi connectivity index (χ2v) is 5.86. The molecule has 7 nitrogen and oxygen atoms in total. The molecule has 0 radical (unpaired) electrons. The Labute approximate surface area is 128 Å². The summed E-state index contributed by atoms with van der Waals surface area (Å²) in [6.07, 6.45) is 1.59. The number of carbonyl (C=O) groups is 1. The highest BCUT2D eigenvalue weighted by atomic mass is 35.5. The molecule has 9 heteroatoms. The minimum Gasteiger partial charge on any atom is -0.478 e. The number of thiazole rings is 1. The summed E-state index contributed by atoms with van der Waals surface area (Å²) in [6, 6.07) is 2.42. The van der Waals surface area contributed by atoms with Crippen molar-refractivity contribution in [3.8, 4) is 0 Å². The van der Waals surface area contributed by atoms with E-state index in [2.05, 4.69) is 10.3 Å². The molecule has 0 saturated heterocycles. The van der Waals surface area contributed by atoms with Crippen LogP contribution in [-0.2, 0) is 6.54 Å². The zero-order valence-electron chi connectivity index (χ0n) is 10.8. The second-order valence-electron chi connectivity index (χ2n) is 4.16. The van der Waals surface area contributed by atoms with Crippen molar-refractivity contribution in [2.24, 2.45) is 0 Å². The number of aromatic carboxylic acids is 1. The Kier molecular flexibility index (Phi) is 4.39. The third-order valence-electron chi connectivity index (χ3n) is 2.80. The topological polar surface area (TPSA) is 105 Å². The van der Waals surface area contributed by atoms with Crippen LogP contribution in [0.15, 0.2) is 18.3 Å². The second kappa shape index (κ2) is 6.06. The lowest BCUT2D eigenvalue weighted by atomic mass is 10.1. The predicted molar refractivity (Wildman–Crippen MR) is 79.2 cm³/mol. The molecule has 0 aliphatic heterocycles. The van der Waals surface area contributed by atoms with E-state index in [0.717, 1.165) is 10.9 Å². The number of anilines is 1. The van der Waals surface area contributed by atoms with Crippen LogP contribution in [0.3, 0.4) is 0 Å². The molecule has 0 amide bonds. The van der Waals surface area contributed by atoms with Crippen LogP contribution in [0.5, 0.6) is 0 Å². The largest absolute Gasteiger partial charge is 0.478 e. The lowest BCUT2D eigenvalue weighted by molar-refractivity contribution is -0.385. The van der Waals surface area contributed by atoms with Crippen LogP contribution in [-0.4, -0.2) is 21.0 Å². The van der Waals surface area contributed by atoms with Crippen LogP contribution >= 0.6 is 22.9 Å². The highest BCUT2D eigenvalue weighted by Crippen LogP contribution is 2.29. The zero-order valence-corrected chi connectivity index (χ0v) is 12.4. The van der Waals surface area contributed by atoms with Gasteiger partial charge >= 0.3 is 5.97 Å². The van der Waals surface area contributed by atoms with Gasteiger partial charge in [-0.05, 0) is 13.0 Å². The molecule has 2 N–H and O–H groups in total. The predicted octanol–water partition coefficient (Wildman–Crippen LogP) is 3.32. The van der Waals surface area contributed by atoms with E-state index >= 15 is 0 Å². The highest BCUT2D eigenvalue weighted by molar-refractivity contribution is 7.15. The van der Waals surface area contributed by atoms with Crippen LogP contribution in [0, 0.1) is 17.0 Å². The van der Waals surface area contributed by atoms with Crippen molar-refractivity contribution in [2.45, 2.75) is 13.5 Å². The van der Waals surface area contributed by atoms with E-state index in [1.54, 1.807) is 13.1 Å². The molecule has 0 saturated carbocycles. The molecular weight excluding hydrogens is 318 g/mol. The molecule has 2 rings (SSSR count). The van der Waals surface area contributed by atoms with Crippen LogP contribution in [0.2, 0.25) is 4.47 Å². The van der Waals surface area contributed by atoms with Crippen molar-refractivity contribution in [1.82, 2.24) is 4.98 Å². The van der Waals surface area contributed by atoms with Crippen molar-refractivity contribution < 1.29 is 14.8 Å². The maximum absolute atomic E-state index is 11.0. The minimum atomic E-state index is -1.22. The van der Waals surface area contributed by atoms with Gasteiger partial charge in [-0.15, -0.1) is 11.3 Å². The Morgan fingerprint density at radius 2 is 2.29 bits per heavy atom. The Bertz CT molecular complexity index is 717. The minimum absolute atomic E-state index is 0.142. The van der Waals surface area contributed by atoms with E-state index in [1.165, 1.54) is 17.4 Å². The summed E-state index contributed by atoms with van der Waals surface area (Å²) in [4.78, 5) is 26.1. The quantitative estimate of drug-likeness (QED) is 0.644. The van der Waals surface area contributed by atoms with Crippen LogP contribution < -0.4 is 5.32 Å². The van der Waals surface area contributed by atoms with Gasteiger partial charge in [-0.2, -0.15) is 0 Å². The zero-order chi connectivity index (χ0) is 15.6. The average molecular weight is 328 g/mol. The van der Waals surface area contributed by atoms with Gasteiger partial charge in [0.2, 0.25) is 0 Å². The van der Waals surface area contributed by atoms with E-state index in [0.29, 0.717) is 22.3 Å². The molecule has 0 bridgehead atoms. The number of nitrogens with one attached hydrogen (secondary N) is 1. The number of nitro groups is 1. The summed E-state index contributed by atoms with van der Waals surface area (Å²) < 4.78 is 0.397. The molecule has 0 spiro atoms. The van der Waals surface area contributed by atoms with Gasteiger partial charge in [-0.25, -0.2) is 9.78 Å². The fourth-order valence-electron chi connectivity index (χ4n) is 1.74. The lowest BCUT2D eigenvalue weighted by Gasteiger charge is -2.10. The molecular formula is C12H10ClN3O4S. The molecule has 0 atom stereocenters. The Morgan fingerprint density at radius 3 is 2.81 bits per heavy atom. The lowest BCUT2D eigenvalue weighted by Crippen LogP contribution is -2.06. The summed E-state index contributed by atoms with van der Waals surface area (Å²) in [5.41, 5.74) is 0.392. The first kappa shape index (κ1) is 15.2. The van der Waals surface area contributed by atoms with Gasteiger partial charge in [0.1, 0.15) is 0 Å². The number of carboxylic acid groups (broad SMARTS) is 1. The number of nitro benzene ring substituents is 1. The van der Waals surface area contributed by atoms with Gasteiger partial charge in [0.15, 0.2) is 4.47 Å². The van der Waals surface area contributed by atoms with Gasteiger partial charge in [0.25, 0.3) is 5.69 Å². The van der Waals surface area contributed by atoms with Crippen LogP contribution in [0.4, 0.5) is 11.4 Å². The normalized spacial score (nSPS) is 10.4. The molecule has 0 fully saturated rings. The maximum Gasteiger partial charge on any atom is 0.336 e. The maximum atomic E-state index is 11.0. The van der Waals surface area contributed by atoms with E-state index < -0.39 is 10.9 Å². The number of aromatic nitrogens is 1. The SMILES string of the molecule is Cc1c(NCc2cnc(Cl)s2)cc(C(=O)O)cc1[N+](=O)[O-]. The van der Waals surface area contributed by atoms with Crippen molar-refractivity contribution in [2.75, 3.05) is 5.32 Å². The third kappa shape index (κ3) is 3.47. The Hall–Kier alpha value is -2.19. The Balaban J connectivity index is 2.32. The van der Waals surface area contributed by atoms with Crippen molar-refractivity contribution in [1.29, 1.82) is 0 Å². The van der Waals surface area contributed by atoms with Crippen molar-refractivity contribution >= 4 is 40.3 Å². The number of nitrogens with zero attached hydrogens (tertiary/aromatic N) is 2.